The van der Waals surface area contributed by atoms with Gasteiger partial charge in [-0.3, -0.25) is 0 Å². The fourth-order valence-corrected chi connectivity index (χ4v) is 4.19. The molecule has 1 aliphatic heterocycles. The molecule has 1 aliphatic rings. The summed E-state index contributed by atoms with van der Waals surface area (Å²) in [6, 6.07) is 10.3. The van der Waals surface area contributed by atoms with Crippen LogP contribution in [0.15, 0.2) is 42.5 Å². The van der Waals surface area contributed by atoms with Gasteiger partial charge in [-0.15, -0.1) is 0 Å². The summed E-state index contributed by atoms with van der Waals surface area (Å²) in [7, 11) is 0. The zero-order valence-electron chi connectivity index (χ0n) is 16.5. The number of amides is 2. The lowest BCUT2D eigenvalue weighted by molar-refractivity contribution is 0.215. The lowest BCUT2D eigenvalue weighted by Crippen LogP contribution is -2.38. The first-order chi connectivity index (χ1) is 15.0. The molecule has 6 nitrogen and oxygen atoms in total. The maximum absolute atomic E-state index is 13.8. The van der Waals surface area contributed by atoms with Gasteiger partial charge >= 0.3 is 6.03 Å². The Labute approximate surface area is 187 Å². The number of hydrogen-bond acceptors (Lipinski definition) is 5. The molecule has 0 unspecified atom stereocenters. The highest BCUT2D eigenvalue weighted by molar-refractivity contribution is 7.09. The van der Waals surface area contributed by atoms with Crippen LogP contribution in [0.1, 0.15) is 17.8 Å². The van der Waals surface area contributed by atoms with Crippen LogP contribution in [-0.4, -0.2) is 46.5 Å². The van der Waals surface area contributed by atoms with Crippen LogP contribution in [-0.2, 0) is 6.42 Å². The molecule has 1 saturated heterocycles. The Morgan fingerprint density at radius 2 is 1.90 bits per heavy atom. The van der Waals surface area contributed by atoms with Gasteiger partial charge in [-0.1, -0.05) is 23.7 Å². The molecule has 3 aromatic rings. The molecule has 162 valence electrons. The molecule has 0 atom stereocenters. The Kier molecular flexibility index (Phi) is 6.62. The smallest absolute Gasteiger partial charge is 0.321 e. The average Bonchev–Trinajstić information content (AvgIpc) is 3.06. The van der Waals surface area contributed by atoms with Crippen LogP contribution in [0.3, 0.4) is 0 Å². The first kappa shape index (κ1) is 21.5. The molecular weight excluding hydrogens is 444 g/mol. The molecule has 31 heavy (non-hydrogen) atoms. The summed E-state index contributed by atoms with van der Waals surface area (Å²) in [6.07, 6.45) is 1.37. The summed E-state index contributed by atoms with van der Waals surface area (Å²) in [5, 5.41) is 4.02. The molecule has 0 spiro atoms. The van der Waals surface area contributed by atoms with E-state index in [1.165, 1.54) is 17.6 Å². The Morgan fingerprint density at radius 1 is 1.10 bits per heavy atom. The van der Waals surface area contributed by atoms with Gasteiger partial charge in [0.25, 0.3) is 0 Å². The predicted octanol–water partition coefficient (Wildman–Crippen LogP) is 4.80. The number of rotatable bonds is 4. The van der Waals surface area contributed by atoms with Gasteiger partial charge in [0.05, 0.1) is 5.69 Å². The zero-order valence-corrected chi connectivity index (χ0v) is 18.1. The number of carbonyl (C=O) groups excluding carboxylic acids is 1. The van der Waals surface area contributed by atoms with E-state index in [0.29, 0.717) is 31.1 Å². The SMILES string of the molecule is O=C(Nc1ccc(F)cc1F)N1CCCN(c2nc(Cc3ccc(Cl)cc3)ns2)CC1. The zero-order chi connectivity index (χ0) is 21.8. The van der Waals surface area contributed by atoms with Gasteiger partial charge in [-0.25, -0.2) is 18.6 Å². The van der Waals surface area contributed by atoms with Crippen molar-refractivity contribution in [2.75, 3.05) is 36.4 Å². The van der Waals surface area contributed by atoms with Crippen LogP contribution in [0.25, 0.3) is 0 Å². The van der Waals surface area contributed by atoms with Crippen LogP contribution < -0.4 is 10.2 Å². The highest BCUT2D eigenvalue weighted by atomic mass is 35.5. The monoisotopic (exact) mass is 463 g/mol. The maximum Gasteiger partial charge on any atom is 0.321 e. The minimum absolute atomic E-state index is 0.0385. The highest BCUT2D eigenvalue weighted by Gasteiger charge is 2.22. The number of urea groups is 1. The van der Waals surface area contributed by atoms with Crippen molar-refractivity contribution in [1.29, 1.82) is 0 Å². The van der Waals surface area contributed by atoms with E-state index >= 15 is 0 Å². The number of anilines is 2. The number of halogens is 3. The summed E-state index contributed by atoms with van der Waals surface area (Å²) < 4.78 is 31.3. The topological polar surface area (TPSA) is 61.4 Å². The first-order valence-electron chi connectivity index (χ1n) is 9.81. The Balaban J connectivity index is 1.35. The van der Waals surface area contributed by atoms with Crippen LogP contribution in [0, 0.1) is 11.6 Å². The molecule has 4 rings (SSSR count). The lowest BCUT2D eigenvalue weighted by Gasteiger charge is -2.22. The molecule has 1 N–H and O–H groups in total. The van der Waals surface area contributed by atoms with E-state index in [0.717, 1.165) is 41.6 Å². The molecule has 1 fully saturated rings. The van der Waals surface area contributed by atoms with Crippen molar-refractivity contribution in [3.8, 4) is 0 Å². The first-order valence-corrected chi connectivity index (χ1v) is 11.0. The van der Waals surface area contributed by atoms with E-state index in [1.807, 2.05) is 24.3 Å². The molecular formula is C21H20ClF2N5OS. The van der Waals surface area contributed by atoms with Gasteiger partial charge in [0.15, 0.2) is 0 Å². The van der Waals surface area contributed by atoms with Crippen molar-refractivity contribution in [1.82, 2.24) is 14.3 Å². The van der Waals surface area contributed by atoms with E-state index < -0.39 is 17.7 Å². The second-order valence-electron chi connectivity index (χ2n) is 7.18. The second kappa shape index (κ2) is 9.57. The van der Waals surface area contributed by atoms with E-state index in [4.69, 9.17) is 11.6 Å². The van der Waals surface area contributed by atoms with E-state index in [-0.39, 0.29) is 5.69 Å². The van der Waals surface area contributed by atoms with Gasteiger partial charge in [0.1, 0.15) is 17.5 Å². The third kappa shape index (κ3) is 5.48. The van der Waals surface area contributed by atoms with Gasteiger partial charge < -0.3 is 15.1 Å². The van der Waals surface area contributed by atoms with Crippen molar-refractivity contribution in [3.05, 3.63) is 70.5 Å². The molecule has 0 radical (unpaired) electrons. The van der Waals surface area contributed by atoms with Crippen molar-refractivity contribution >= 4 is 40.0 Å². The van der Waals surface area contributed by atoms with Crippen LogP contribution in [0.5, 0.6) is 0 Å². The third-order valence-corrected chi connectivity index (χ3v) is 6.03. The fourth-order valence-electron chi connectivity index (χ4n) is 3.33. The molecule has 0 saturated carbocycles. The maximum atomic E-state index is 13.8. The van der Waals surface area contributed by atoms with Crippen molar-refractivity contribution in [2.45, 2.75) is 12.8 Å². The number of nitrogens with one attached hydrogen (secondary N) is 1. The largest absolute Gasteiger partial charge is 0.345 e. The summed E-state index contributed by atoms with van der Waals surface area (Å²) in [5.41, 5.74) is 1.05. The number of aromatic nitrogens is 2. The van der Waals surface area contributed by atoms with E-state index in [1.54, 1.807) is 4.90 Å². The van der Waals surface area contributed by atoms with Crippen molar-refractivity contribution < 1.29 is 13.6 Å². The molecule has 2 amide bonds. The van der Waals surface area contributed by atoms with Gasteiger partial charge in [0.2, 0.25) is 5.13 Å². The van der Waals surface area contributed by atoms with Crippen LogP contribution in [0.4, 0.5) is 24.4 Å². The standard InChI is InChI=1S/C21H20ClF2N5OS/c22-15-4-2-14(3-5-15)12-19-26-21(31-27-19)29-9-1-8-28(10-11-29)20(30)25-18-7-6-16(23)13-17(18)24/h2-7,13H,1,8-12H2,(H,25,30). The van der Waals surface area contributed by atoms with Crippen molar-refractivity contribution in [3.63, 3.8) is 0 Å². The Bertz CT molecular complexity index is 1060. The molecule has 10 heteroatoms. The van der Waals surface area contributed by atoms with E-state index in [9.17, 15) is 13.6 Å². The van der Waals surface area contributed by atoms with Gasteiger partial charge in [-0.05, 0) is 36.2 Å². The van der Waals surface area contributed by atoms with Gasteiger partial charge in [-0.2, -0.15) is 4.37 Å². The number of nitrogens with zero attached hydrogens (tertiary/aromatic N) is 4. The average molecular weight is 464 g/mol. The van der Waals surface area contributed by atoms with Crippen LogP contribution in [0.2, 0.25) is 5.02 Å². The second-order valence-corrected chi connectivity index (χ2v) is 8.35. The predicted molar refractivity (Wildman–Crippen MR) is 118 cm³/mol. The quantitative estimate of drug-likeness (QED) is 0.603. The minimum Gasteiger partial charge on any atom is -0.345 e. The van der Waals surface area contributed by atoms with Crippen molar-refractivity contribution in [2.24, 2.45) is 0 Å². The normalized spacial score (nSPS) is 14.4. The molecule has 2 aromatic carbocycles. The van der Waals surface area contributed by atoms with Gasteiger partial charge in [0, 0.05) is 55.2 Å². The summed E-state index contributed by atoms with van der Waals surface area (Å²) >= 11 is 7.26. The molecule has 1 aromatic heterocycles. The Hall–Kier alpha value is -2.78. The third-order valence-electron chi connectivity index (χ3n) is 4.96. The summed E-state index contributed by atoms with van der Waals surface area (Å²) in [5.74, 6) is -0.742. The number of carbonyl (C=O) groups is 1. The number of benzene rings is 2. The molecule has 0 bridgehead atoms. The Morgan fingerprint density at radius 3 is 2.68 bits per heavy atom. The fraction of sp³-hybridized carbons (Fsp3) is 0.286. The number of hydrogen-bond donors (Lipinski definition) is 1. The molecule has 2 heterocycles. The highest BCUT2D eigenvalue weighted by Crippen LogP contribution is 2.22. The van der Waals surface area contributed by atoms with E-state index in [2.05, 4.69) is 19.6 Å². The summed E-state index contributed by atoms with van der Waals surface area (Å²) in [4.78, 5) is 20.9. The molecule has 0 aliphatic carbocycles. The minimum atomic E-state index is -0.799. The summed E-state index contributed by atoms with van der Waals surface area (Å²) in [6.45, 7) is 2.32. The lowest BCUT2D eigenvalue weighted by atomic mass is 10.1. The van der Waals surface area contributed by atoms with Crippen LogP contribution >= 0.6 is 23.1 Å².